The second-order valence-electron chi connectivity index (χ2n) is 6.02. The van der Waals surface area contributed by atoms with Gasteiger partial charge < -0.3 is 10.1 Å². The number of tetrazole rings is 1. The summed E-state index contributed by atoms with van der Waals surface area (Å²) in [6.07, 6.45) is 4.75. The largest absolute Gasteiger partial charge is 0.375 e. The summed E-state index contributed by atoms with van der Waals surface area (Å²) in [5.74, 6) is 0.467. The fourth-order valence-corrected chi connectivity index (χ4v) is 3.45. The van der Waals surface area contributed by atoms with Crippen molar-refractivity contribution in [3.8, 4) is 5.69 Å². The zero-order chi connectivity index (χ0) is 17.0. The molecule has 2 aromatic rings. The van der Waals surface area contributed by atoms with Gasteiger partial charge in [0.25, 0.3) is 0 Å². The molecule has 1 saturated carbocycles. The number of nitrogens with one attached hydrogen (secondary N) is 1. The third-order valence-electron chi connectivity index (χ3n) is 4.31. The van der Waals surface area contributed by atoms with Crippen molar-refractivity contribution in [3.05, 3.63) is 35.1 Å². The number of amides is 1. The lowest BCUT2D eigenvalue weighted by Gasteiger charge is -2.36. The van der Waals surface area contributed by atoms with Gasteiger partial charge in [-0.1, -0.05) is 36.9 Å². The van der Waals surface area contributed by atoms with Gasteiger partial charge in [0, 0.05) is 12.1 Å². The number of benzene rings is 1. The molecular formula is C16H20ClN5O2. The van der Waals surface area contributed by atoms with Crippen molar-refractivity contribution in [1.82, 2.24) is 25.5 Å². The van der Waals surface area contributed by atoms with Gasteiger partial charge >= 0.3 is 0 Å². The Balaban J connectivity index is 2.00. The summed E-state index contributed by atoms with van der Waals surface area (Å²) in [5.41, 5.74) is 0.188. The van der Waals surface area contributed by atoms with E-state index in [0.29, 0.717) is 10.8 Å². The summed E-state index contributed by atoms with van der Waals surface area (Å²) in [7, 11) is 1.50. The van der Waals surface area contributed by atoms with Gasteiger partial charge in [0.05, 0.1) is 5.69 Å². The molecule has 1 fully saturated rings. The quantitative estimate of drug-likeness (QED) is 0.895. The topological polar surface area (TPSA) is 81.9 Å². The molecule has 8 heteroatoms. The van der Waals surface area contributed by atoms with Crippen LogP contribution in [0.2, 0.25) is 5.02 Å². The van der Waals surface area contributed by atoms with Crippen LogP contribution in [-0.2, 0) is 15.1 Å². The lowest BCUT2D eigenvalue weighted by atomic mass is 9.80. The minimum Gasteiger partial charge on any atom is -0.375 e. The molecule has 1 aromatic carbocycles. The molecule has 0 spiro atoms. The lowest BCUT2D eigenvalue weighted by Crippen LogP contribution is -2.50. The molecule has 1 N–H and O–H groups in total. The number of aromatic nitrogens is 4. The molecule has 1 aliphatic carbocycles. The number of ether oxygens (including phenoxy) is 1. The molecule has 1 amide bonds. The van der Waals surface area contributed by atoms with E-state index in [1.54, 1.807) is 16.8 Å². The Morgan fingerprint density at radius 2 is 2.17 bits per heavy atom. The predicted octanol–water partition coefficient (Wildman–Crippen LogP) is 2.24. The summed E-state index contributed by atoms with van der Waals surface area (Å²) in [6, 6.07) is 7.33. The van der Waals surface area contributed by atoms with Gasteiger partial charge in [-0.05, 0) is 41.5 Å². The number of hydrogen-bond donors (Lipinski definition) is 1. The maximum Gasteiger partial charge on any atom is 0.246 e. The van der Waals surface area contributed by atoms with E-state index in [2.05, 4.69) is 20.8 Å². The van der Waals surface area contributed by atoms with Gasteiger partial charge in [-0.25, -0.2) is 0 Å². The van der Waals surface area contributed by atoms with E-state index < -0.39 is 5.54 Å². The fraction of sp³-hybridized carbons (Fsp3) is 0.500. The second-order valence-corrected chi connectivity index (χ2v) is 6.45. The zero-order valence-electron chi connectivity index (χ0n) is 13.5. The van der Waals surface area contributed by atoms with Crippen LogP contribution in [0, 0.1) is 0 Å². The molecular weight excluding hydrogens is 330 g/mol. The Hall–Kier alpha value is -1.99. The first kappa shape index (κ1) is 16.9. The van der Waals surface area contributed by atoms with E-state index in [1.807, 2.05) is 12.1 Å². The molecule has 7 nitrogen and oxygen atoms in total. The van der Waals surface area contributed by atoms with Gasteiger partial charge in [-0.15, -0.1) is 5.10 Å². The van der Waals surface area contributed by atoms with Crippen LogP contribution >= 0.6 is 11.6 Å². The predicted molar refractivity (Wildman–Crippen MR) is 88.9 cm³/mol. The summed E-state index contributed by atoms with van der Waals surface area (Å²) in [4.78, 5) is 12.2. The number of hydrogen-bond acceptors (Lipinski definition) is 5. The van der Waals surface area contributed by atoms with Crippen LogP contribution in [0.1, 0.15) is 37.9 Å². The molecule has 0 atom stereocenters. The van der Waals surface area contributed by atoms with Crippen molar-refractivity contribution >= 4 is 17.5 Å². The third kappa shape index (κ3) is 3.42. The van der Waals surface area contributed by atoms with E-state index >= 15 is 0 Å². The van der Waals surface area contributed by atoms with Crippen LogP contribution in [0.15, 0.2) is 24.3 Å². The second kappa shape index (κ2) is 7.27. The highest BCUT2D eigenvalue weighted by molar-refractivity contribution is 6.30. The molecule has 0 unspecified atom stereocenters. The highest BCUT2D eigenvalue weighted by Gasteiger charge is 2.40. The first-order valence-corrected chi connectivity index (χ1v) is 8.37. The molecule has 128 valence electrons. The number of halogens is 1. The first-order chi connectivity index (χ1) is 11.6. The Bertz CT molecular complexity index is 712. The summed E-state index contributed by atoms with van der Waals surface area (Å²) >= 11 is 6.09. The maximum absolute atomic E-state index is 12.2. The van der Waals surface area contributed by atoms with E-state index in [0.717, 1.165) is 37.8 Å². The van der Waals surface area contributed by atoms with Crippen LogP contribution in [0.3, 0.4) is 0 Å². The smallest absolute Gasteiger partial charge is 0.246 e. The van der Waals surface area contributed by atoms with Crippen molar-refractivity contribution < 1.29 is 9.53 Å². The molecule has 1 aliphatic rings. The lowest BCUT2D eigenvalue weighted by molar-refractivity contribution is -0.127. The van der Waals surface area contributed by atoms with Gasteiger partial charge in [0.2, 0.25) is 5.91 Å². The van der Waals surface area contributed by atoms with Crippen molar-refractivity contribution in [2.45, 2.75) is 37.6 Å². The van der Waals surface area contributed by atoms with Crippen LogP contribution in [-0.4, -0.2) is 39.8 Å². The highest BCUT2D eigenvalue weighted by atomic mass is 35.5. The van der Waals surface area contributed by atoms with Gasteiger partial charge in [-0.2, -0.15) is 4.68 Å². The molecule has 0 bridgehead atoms. The summed E-state index contributed by atoms with van der Waals surface area (Å²) in [5, 5.41) is 15.9. The van der Waals surface area contributed by atoms with Gasteiger partial charge in [0.15, 0.2) is 5.82 Å². The monoisotopic (exact) mass is 349 g/mol. The first-order valence-electron chi connectivity index (χ1n) is 7.99. The van der Waals surface area contributed by atoms with Crippen LogP contribution in [0.4, 0.5) is 0 Å². The Morgan fingerprint density at radius 3 is 2.88 bits per heavy atom. The molecule has 1 heterocycles. The van der Waals surface area contributed by atoms with Crippen LogP contribution in [0.25, 0.3) is 5.69 Å². The standard InChI is InChI=1S/C16H20ClN5O2/c1-24-11-14(23)18-16(8-3-2-4-9-16)15-19-20-21-22(15)13-7-5-6-12(17)10-13/h5-7,10H,2-4,8-9,11H2,1H3,(H,18,23). The maximum atomic E-state index is 12.2. The Kier molecular flexibility index (Phi) is 5.11. The van der Waals surface area contributed by atoms with Crippen molar-refractivity contribution in [2.24, 2.45) is 0 Å². The molecule has 1 aromatic heterocycles. The van der Waals surface area contributed by atoms with E-state index in [1.165, 1.54) is 7.11 Å². The fourth-order valence-electron chi connectivity index (χ4n) is 3.26. The molecule has 0 aliphatic heterocycles. The van der Waals surface area contributed by atoms with Gasteiger partial charge in [0.1, 0.15) is 12.1 Å². The highest BCUT2D eigenvalue weighted by Crippen LogP contribution is 2.36. The normalized spacial score (nSPS) is 16.8. The molecule has 0 radical (unpaired) electrons. The van der Waals surface area contributed by atoms with E-state index in [-0.39, 0.29) is 12.5 Å². The number of rotatable bonds is 5. The zero-order valence-corrected chi connectivity index (χ0v) is 14.3. The van der Waals surface area contributed by atoms with E-state index in [9.17, 15) is 4.79 Å². The Morgan fingerprint density at radius 1 is 1.38 bits per heavy atom. The van der Waals surface area contributed by atoms with Crippen LogP contribution in [0.5, 0.6) is 0 Å². The summed E-state index contributed by atoms with van der Waals surface area (Å²) < 4.78 is 6.61. The third-order valence-corrected chi connectivity index (χ3v) is 4.55. The average Bonchev–Trinajstić information content (AvgIpc) is 3.06. The van der Waals surface area contributed by atoms with Crippen LogP contribution < -0.4 is 5.32 Å². The van der Waals surface area contributed by atoms with Crippen molar-refractivity contribution in [3.63, 3.8) is 0 Å². The molecule has 3 rings (SSSR count). The Labute approximate surface area is 145 Å². The summed E-state index contributed by atoms with van der Waals surface area (Å²) in [6.45, 7) is 0.0144. The minimum absolute atomic E-state index is 0.0144. The average molecular weight is 350 g/mol. The number of carbonyl (C=O) groups excluding carboxylic acids is 1. The number of methoxy groups -OCH3 is 1. The number of carbonyl (C=O) groups is 1. The minimum atomic E-state index is -0.584. The SMILES string of the molecule is COCC(=O)NC1(c2nnnn2-c2cccc(Cl)c2)CCCCC1. The van der Waals surface area contributed by atoms with Crippen molar-refractivity contribution in [1.29, 1.82) is 0 Å². The van der Waals surface area contributed by atoms with Gasteiger partial charge in [-0.3, -0.25) is 4.79 Å². The molecule has 0 saturated heterocycles. The number of nitrogens with zero attached hydrogens (tertiary/aromatic N) is 4. The van der Waals surface area contributed by atoms with Crippen molar-refractivity contribution in [2.75, 3.05) is 13.7 Å². The van der Waals surface area contributed by atoms with E-state index in [4.69, 9.17) is 16.3 Å². The molecule has 24 heavy (non-hydrogen) atoms.